The summed E-state index contributed by atoms with van der Waals surface area (Å²) in [5, 5.41) is 4.55. The molecule has 9 heteroatoms. The number of hydrogen-bond donors (Lipinski definition) is 1. The molecule has 202 valence electrons. The molecule has 2 amide bonds. The zero-order chi connectivity index (χ0) is 27.4. The number of anilines is 1. The summed E-state index contributed by atoms with van der Waals surface area (Å²) in [6.45, 7) is 6.06. The van der Waals surface area contributed by atoms with E-state index in [9.17, 15) is 18.0 Å². The molecule has 38 heavy (non-hydrogen) atoms. The molecule has 1 aliphatic heterocycles. The van der Waals surface area contributed by atoms with Crippen LogP contribution in [-0.4, -0.2) is 50.9 Å². The van der Waals surface area contributed by atoms with Gasteiger partial charge in [0.25, 0.3) is 10.0 Å². The number of nitrogens with zero attached hydrogens (tertiary/aromatic N) is 2. The van der Waals surface area contributed by atoms with Crippen LogP contribution in [0.15, 0.2) is 65.6 Å². The summed E-state index contributed by atoms with van der Waals surface area (Å²) in [5.41, 5.74) is 1.51. The number of benzene rings is 3. The van der Waals surface area contributed by atoms with Crippen molar-refractivity contribution in [3.8, 4) is 5.75 Å². The smallest absolute Gasteiger partial charge is 0.265 e. The van der Waals surface area contributed by atoms with Gasteiger partial charge in [0.15, 0.2) is 0 Å². The number of rotatable bonds is 11. The van der Waals surface area contributed by atoms with Crippen molar-refractivity contribution >= 4 is 38.3 Å². The van der Waals surface area contributed by atoms with Crippen molar-refractivity contribution in [3.63, 3.8) is 0 Å². The minimum absolute atomic E-state index is 0.00685. The highest BCUT2D eigenvalue weighted by molar-refractivity contribution is 7.93. The molecule has 0 spiro atoms. The van der Waals surface area contributed by atoms with Gasteiger partial charge in [-0.25, -0.2) is 8.42 Å². The van der Waals surface area contributed by atoms with Gasteiger partial charge in [-0.15, -0.1) is 0 Å². The van der Waals surface area contributed by atoms with E-state index >= 15 is 0 Å². The molecule has 0 aliphatic carbocycles. The Morgan fingerprint density at radius 3 is 2.37 bits per heavy atom. The van der Waals surface area contributed by atoms with Crippen LogP contribution in [0, 0.1) is 0 Å². The van der Waals surface area contributed by atoms with Gasteiger partial charge in [-0.2, -0.15) is 0 Å². The quantitative estimate of drug-likeness (QED) is 0.389. The van der Waals surface area contributed by atoms with Crippen LogP contribution in [0.2, 0.25) is 0 Å². The summed E-state index contributed by atoms with van der Waals surface area (Å²) in [4.78, 5) is 28.3. The largest absolute Gasteiger partial charge is 0.497 e. The first-order valence-corrected chi connectivity index (χ1v) is 14.4. The van der Waals surface area contributed by atoms with E-state index in [0.29, 0.717) is 22.8 Å². The van der Waals surface area contributed by atoms with Crippen LogP contribution in [-0.2, 0) is 26.2 Å². The van der Waals surface area contributed by atoms with Crippen molar-refractivity contribution in [2.24, 2.45) is 0 Å². The first-order chi connectivity index (χ1) is 18.2. The Kier molecular flexibility index (Phi) is 8.26. The molecule has 0 aromatic heterocycles. The van der Waals surface area contributed by atoms with Gasteiger partial charge in [-0.05, 0) is 61.9 Å². The number of hydrogen-bond acceptors (Lipinski definition) is 5. The van der Waals surface area contributed by atoms with E-state index in [4.69, 9.17) is 4.74 Å². The second-order valence-corrected chi connectivity index (χ2v) is 11.5. The summed E-state index contributed by atoms with van der Waals surface area (Å²) in [6.07, 6.45) is 1.21. The Hall–Kier alpha value is -3.59. The normalized spacial score (nSPS) is 15.2. The Morgan fingerprint density at radius 1 is 1.03 bits per heavy atom. The molecule has 1 N–H and O–H groups in total. The summed E-state index contributed by atoms with van der Waals surface area (Å²) in [5.74, 6) is 0.280. The third-order valence-corrected chi connectivity index (χ3v) is 8.97. The SMILES string of the molecule is CC[C@H](C)NC(=O)[C@@H](C)N(Cc1ccc(OC)cc1)C(=O)CCCN1c2cccc3cccc(c23)S1(=O)=O. The molecule has 1 aliphatic rings. The Balaban J connectivity index is 1.49. The molecule has 0 radical (unpaired) electrons. The molecular weight excluding hydrogens is 502 g/mol. The fraction of sp³-hybridized carbons (Fsp3) is 0.379. The van der Waals surface area contributed by atoms with Gasteiger partial charge in [0.2, 0.25) is 11.8 Å². The summed E-state index contributed by atoms with van der Waals surface area (Å²) >= 11 is 0. The lowest BCUT2D eigenvalue weighted by atomic mass is 10.1. The minimum atomic E-state index is -3.69. The second kappa shape index (κ2) is 11.4. The van der Waals surface area contributed by atoms with Gasteiger partial charge in [0, 0.05) is 30.9 Å². The molecule has 0 saturated carbocycles. The van der Waals surface area contributed by atoms with Crippen molar-refractivity contribution in [1.82, 2.24) is 10.2 Å². The van der Waals surface area contributed by atoms with Crippen molar-refractivity contribution in [2.45, 2.75) is 63.6 Å². The molecule has 3 aromatic rings. The maximum absolute atomic E-state index is 13.5. The molecule has 0 bridgehead atoms. The molecule has 3 aromatic carbocycles. The van der Waals surface area contributed by atoms with Crippen molar-refractivity contribution < 1.29 is 22.7 Å². The lowest BCUT2D eigenvalue weighted by Gasteiger charge is -2.30. The van der Waals surface area contributed by atoms with Gasteiger partial charge < -0.3 is 15.0 Å². The zero-order valence-corrected chi connectivity index (χ0v) is 23.1. The molecule has 2 atom stereocenters. The molecule has 8 nitrogen and oxygen atoms in total. The Morgan fingerprint density at radius 2 is 1.71 bits per heavy atom. The molecule has 0 fully saturated rings. The van der Waals surface area contributed by atoms with E-state index in [1.54, 1.807) is 37.1 Å². The second-order valence-electron chi connectivity index (χ2n) is 9.68. The highest BCUT2D eigenvalue weighted by Gasteiger charge is 2.35. The van der Waals surface area contributed by atoms with Crippen LogP contribution in [0.1, 0.15) is 45.6 Å². The molecular formula is C29H35N3O5S. The average molecular weight is 538 g/mol. The van der Waals surface area contributed by atoms with Crippen LogP contribution >= 0.6 is 0 Å². The van der Waals surface area contributed by atoms with Gasteiger partial charge >= 0.3 is 0 Å². The lowest BCUT2D eigenvalue weighted by molar-refractivity contribution is -0.140. The predicted octanol–water partition coefficient (Wildman–Crippen LogP) is 4.47. The van der Waals surface area contributed by atoms with Gasteiger partial charge in [0.05, 0.1) is 17.7 Å². The summed E-state index contributed by atoms with van der Waals surface area (Å²) < 4.78 is 33.1. The minimum Gasteiger partial charge on any atom is -0.497 e. The van der Waals surface area contributed by atoms with Crippen molar-refractivity contribution in [3.05, 3.63) is 66.2 Å². The van der Waals surface area contributed by atoms with Gasteiger partial charge in [-0.1, -0.05) is 43.3 Å². The number of ether oxygens (including phenoxy) is 1. The number of amides is 2. The van der Waals surface area contributed by atoms with Crippen LogP contribution < -0.4 is 14.4 Å². The summed E-state index contributed by atoms with van der Waals surface area (Å²) in [7, 11) is -2.10. The fourth-order valence-corrected chi connectivity index (χ4v) is 6.44. The topological polar surface area (TPSA) is 96.0 Å². The zero-order valence-electron chi connectivity index (χ0n) is 22.3. The number of carbonyl (C=O) groups is 2. The summed E-state index contributed by atoms with van der Waals surface area (Å²) in [6, 6.07) is 17.5. The third kappa shape index (κ3) is 5.48. The van der Waals surface area contributed by atoms with E-state index < -0.39 is 16.1 Å². The number of methoxy groups -OCH3 is 1. The van der Waals surface area contributed by atoms with E-state index in [-0.39, 0.29) is 37.4 Å². The maximum atomic E-state index is 13.5. The predicted molar refractivity (Wildman–Crippen MR) is 149 cm³/mol. The van der Waals surface area contributed by atoms with Crippen LogP contribution in [0.5, 0.6) is 5.75 Å². The van der Waals surface area contributed by atoms with Crippen molar-refractivity contribution in [2.75, 3.05) is 18.0 Å². The van der Waals surface area contributed by atoms with E-state index in [1.807, 2.05) is 56.3 Å². The molecule has 1 heterocycles. The highest BCUT2D eigenvalue weighted by Crippen LogP contribution is 2.42. The van der Waals surface area contributed by atoms with Crippen LogP contribution in [0.25, 0.3) is 10.8 Å². The van der Waals surface area contributed by atoms with Crippen molar-refractivity contribution in [1.29, 1.82) is 0 Å². The monoisotopic (exact) mass is 537 g/mol. The standard InChI is InChI=1S/C29H35N3O5S/c1-5-20(2)30-29(34)21(3)31(19-22-14-16-24(37-4)17-15-22)27(33)13-8-18-32-25-11-6-9-23-10-7-12-26(28(23)25)38(32,35)36/h6-7,9-12,14-17,20-21H,5,8,13,18-19H2,1-4H3,(H,30,34)/t20-,21+/m0/s1. The fourth-order valence-electron chi connectivity index (χ4n) is 4.69. The van der Waals surface area contributed by atoms with E-state index in [1.165, 1.54) is 4.31 Å². The van der Waals surface area contributed by atoms with Crippen LogP contribution in [0.3, 0.4) is 0 Å². The Labute approximate surface area is 224 Å². The average Bonchev–Trinajstić information content (AvgIpc) is 3.14. The third-order valence-electron chi connectivity index (χ3n) is 7.11. The highest BCUT2D eigenvalue weighted by atomic mass is 32.2. The maximum Gasteiger partial charge on any atom is 0.265 e. The van der Waals surface area contributed by atoms with Gasteiger partial charge in [-0.3, -0.25) is 13.9 Å². The molecule has 0 saturated heterocycles. The van der Waals surface area contributed by atoms with E-state index in [2.05, 4.69) is 5.32 Å². The molecule has 0 unspecified atom stereocenters. The first-order valence-electron chi connectivity index (χ1n) is 12.9. The van der Waals surface area contributed by atoms with E-state index in [0.717, 1.165) is 22.8 Å². The van der Waals surface area contributed by atoms with Crippen LogP contribution in [0.4, 0.5) is 5.69 Å². The molecule has 4 rings (SSSR count). The lowest BCUT2D eigenvalue weighted by Crippen LogP contribution is -2.49. The van der Waals surface area contributed by atoms with Gasteiger partial charge in [0.1, 0.15) is 11.8 Å². The number of carbonyl (C=O) groups excluding carboxylic acids is 2. The Bertz CT molecular complexity index is 1420. The number of sulfonamides is 1. The first kappa shape index (κ1) is 27.4. The number of nitrogens with one attached hydrogen (secondary N) is 1.